The molecule has 0 fully saturated rings. The van der Waals surface area contributed by atoms with Crippen LogP contribution < -0.4 is 10.6 Å². The molecule has 138 valence electrons. The first kappa shape index (κ1) is 18.7. The number of aromatic nitrogens is 2. The number of hydrogen-bond donors (Lipinski definition) is 2. The van der Waals surface area contributed by atoms with Gasteiger partial charge in [-0.05, 0) is 24.1 Å². The fraction of sp³-hybridized carbons (Fsp3) is 0.200. The maximum absolute atomic E-state index is 12.5. The molecule has 0 saturated heterocycles. The number of nitrogens with zero attached hydrogens (tertiary/aromatic N) is 2. The Bertz CT molecular complexity index is 897. The number of rotatable bonds is 7. The molecule has 0 aliphatic heterocycles. The average molecular weight is 380 g/mol. The molecule has 0 aliphatic carbocycles. The van der Waals surface area contributed by atoms with Gasteiger partial charge in [-0.25, -0.2) is 0 Å². The summed E-state index contributed by atoms with van der Waals surface area (Å²) < 4.78 is 0. The van der Waals surface area contributed by atoms with E-state index in [1.807, 2.05) is 43.3 Å². The minimum atomic E-state index is -0.447. The first-order valence-electron chi connectivity index (χ1n) is 8.68. The number of benzene rings is 2. The Hall–Kier alpha value is -3.06. The number of amides is 2. The molecule has 1 heterocycles. The highest BCUT2D eigenvalue weighted by atomic mass is 32.1. The van der Waals surface area contributed by atoms with Crippen molar-refractivity contribution in [3.63, 3.8) is 0 Å². The normalized spacial score (nSPS) is 11.6. The lowest BCUT2D eigenvalue weighted by molar-refractivity contribution is -0.116. The van der Waals surface area contributed by atoms with Crippen LogP contribution in [-0.4, -0.2) is 22.0 Å². The van der Waals surface area contributed by atoms with Gasteiger partial charge in [0.1, 0.15) is 5.01 Å². The van der Waals surface area contributed by atoms with Crippen molar-refractivity contribution in [1.29, 1.82) is 0 Å². The van der Waals surface area contributed by atoms with E-state index in [2.05, 4.69) is 20.8 Å². The van der Waals surface area contributed by atoms with E-state index in [0.29, 0.717) is 10.7 Å². The maximum atomic E-state index is 12.5. The smallest absolute Gasteiger partial charge is 0.251 e. The molecule has 0 spiro atoms. The molecule has 3 aromatic rings. The van der Waals surface area contributed by atoms with Gasteiger partial charge >= 0.3 is 0 Å². The molecule has 2 N–H and O–H groups in total. The zero-order chi connectivity index (χ0) is 19.1. The van der Waals surface area contributed by atoms with Crippen molar-refractivity contribution >= 4 is 28.3 Å². The number of aryl methyl sites for hydroxylation is 1. The second-order valence-electron chi connectivity index (χ2n) is 5.91. The monoisotopic (exact) mass is 380 g/mol. The zero-order valence-corrected chi connectivity index (χ0v) is 15.7. The summed E-state index contributed by atoms with van der Waals surface area (Å²) in [7, 11) is 0. The predicted molar refractivity (Wildman–Crippen MR) is 106 cm³/mol. The Morgan fingerprint density at radius 2 is 1.67 bits per heavy atom. The van der Waals surface area contributed by atoms with Gasteiger partial charge in [0.15, 0.2) is 0 Å². The Morgan fingerprint density at radius 1 is 1.00 bits per heavy atom. The van der Waals surface area contributed by atoms with Gasteiger partial charge in [0.2, 0.25) is 11.0 Å². The van der Waals surface area contributed by atoms with Crippen LogP contribution in [0.5, 0.6) is 0 Å². The minimum absolute atomic E-state index is 0.101. The van der Waals surface area contributed by atoms with Crippen LogP contribution in [0.2, 0.25) is 0 Å². The summed E-state index contributed by atoms with van der Waals surface area (Å²) in [5.41, 5.74) is 1.42. The molecule has 2 aromatic carbocycles. The Morgan fingerprint density at radius 3 is 2.30 bits per heavy atom. The summed E-state index contributed by atoms with van der Waals surface area (Å²) in [6, 6.07) is 17.9. The molecular weight excluding hydrogens is 360 g/mol. The number of carbonyl (C=O) groups is 2. The molecule has 1 aromatic heterocycles. The second-order valence-corrected chi connectivity index (χ2v) is 6.97. The third-order valence-electron chi connectivity index (χ3n) is 3.95. The maximum Gasteiger partial charge on any atom is 0.251 e. The lowest BCUT2D eigenvalue weighted by Crippen LogP contribution is -2.31. The van der Waals surface area contributed by atoms with Gasteiger partial charge < -0.3 is 10.6 Å². The van der Waals surface area contributed by atoms with E-state index in [0.717, 1.165) is 17.0 Å². The molecule has 3 rings (SSSR count). The van der Waals surface area contributed by atoms with E-state index in [1.54, 1.807) is 24.3 Å². The number of carbonyl (C=O) groups excluding carboxylic acids is 2. The number of anilines is 1. The third kappa shape index (κ3) is 5.21. The lowest BCUT2D eigenvalue weighted by Gasteiger charge is -2.18. The fourth-order valence-corrected chi connectivity index (χ4v) is 3.27. The summed E-state index contributed by atoms with van der Waals surface area (Å²) in [6.07, 6.45) is 0.872. The minimum Gasteiger partial charge on any atom is -0.345 e. The SMILES string of the molecule is CCc1nnc(NC(=O)C[C@H](NC(=O)c2ccccc2)c2ccccc2)s1. The van der Waals surface area contributed by atoms with Crippen LogP contribution >= 0.6 is 11.3 Å². The van der Waals surface area contributed by atoms with Gasteiger partial charge in [0.25, 0.3) is 5.91 Å². The average Bonchev–Trinajstić information content (AvgIpc) is 3.16. The summed E-state index contributed by atoms with van der Waals surface area (Å²) in [5, 5.41) is 15.0. The van der Waals surface area contributed by atoms with Crippen LogP contribution in [0.25, 0.3) is 0 Å². The molecule has 0 unspecified atom stereocenters. The van der Waals surface area contributed by atoms with Crippen LogP contribution in [0.4, 0.5) is 5.13 Å². The van der Waals surface area contributed by atoms with E-state index in [1.165, 1.54) is 11.3 Å². The van der Waals surface area contributed by atoms with Crippen molar-refractivity contribution in [2.24, 2.45) is 0 Å². The van der Waals surface area contributed by atoms with Crippen LogP contribution in [0, 0.1) is 0 Å². The van der Waals surface area contributed by atoms with E-state index in [9.17, 15) is 9.59 Å². The second kappa shape index (κ2) is 9.05. The first-order chi connectivity index (χ1) is 13.2. The topological polar surface area (TPSA) is 84.0 Å². The molecular formula is C20H20N4O2S. The van der Waals surface area contributed by atoms with Crippen molar-refractivity contribution < 1.29 is 9.59 Å². The zero-order valence-electron chi connectivity index (χ0n) is 14.9. The fourth-order valence-electron chi connectivity index (χ4n) is 2.57. The van der Waals surface area contributed by atoms with Crippen molar-refractivity contribution in [3.8, 4) is 0 Å². The molecule has 0 radical (unpaired) electrons. The van der Waals surface area contributed by atoms with Crippen molar-refractivity contribution in [2.45, 2.75) is 25.8 Å². The van der Waals surface area contributed by atoms with E-state index in [-0.39, 0.29) is 18.2 Å². The van der Waals surface area contributed by atoms with Gasteiger partial charge in [0, 0.05) is 5.56 Å². The van der Waals surface area contributed by atoms with E-state index < -0.39 is 6.04 Å². The van der Waals surface area contributed by atoms with E-state index in [4.69, 9.17) is 0 Å². The van der Waals surface area contributed by atoms with Gasteiger partial charge in [-0.1, -0.05) is 66.8 Å². The van der Waals surface area contributed by atoms with Gasteiger partial charge in [-0.3, -0.25) is 9.59 Å². The summed E-state index contributed by atoms with van der Waals surface area (Å²) in [6.45, 7) is 1.98. The molecule has 7 heteroatoms. The molecule has 0 saturated carbocycles. The van der Waals surface area contributed by atoms with Crippen LogP contribution in [0.15, 0.2) is 60.7 Å². The predicted octanol–water partition coefficient (Wildman–Crippen LogP) is 3.60. The van der Waals surface area contributed by atoms with Crippen LogP contribution in [-0.2, 0) is 11.2 Å². The quantitative estimate of drug-likeness (QED) is 0.656. The Labute approximate surface area is 161 Å². The largest absolute Gasteiger partial charge is 0.345 e. The molecule has 27 heavy (non-hydrogen) atoms. The Kier molecular flexibility index (Phi) is 6.27. The van der Waals surface area contributed by atoms with Crippen molar-refractivity contribution in [2.75, 3.05) is 5.32 Å². The van der Waals surface area contributed by atoms with Crippen molar-refractivity contribution in [3.05, 3.63) is 76.8 Å². The first-order valence-corrected chi connectivity index (χ1v) is 9.50. The molecule has 2 amide bonds. The summed E-state index contributed by atoms with van der Waals surface area (Å²) >= 11 is 1.35. The van der Waals surface area contributed by atoms with Gasteiger partial charge in [-0.2, -0.15) is 0 Å². The Balaban J connectivity index is 1.72. The summed E-state index contributed by atoms with van der Waals surface area (Å²) in [5.74, 6) is -0.447. The molecule has 0 aliphatic rings. The van der Waals surface area contributed by atoms with Crippen LogP contribution in [0.3, 0.4) is 0 Å². The van der Waals surface area contributed by atoms with Gasteiger partial charge in [0.05, 0.1) is 12.5 Å². The third-order valence-corrected chi connectivity index (χ3v) is 4.93. The molecule has 0 bridgehead atoms. The van der Waals surface area contributed by atoms with Crippen LogP contribution in [0.1, 0.15) is 40.3 Å². The molecule has 6 nitrogen and oxygen atoms in total. The van der Waals surface area contributed by atoms with Crippen molar-refractivity contribution in [1.82, 2.24) is 15.5 Å². The number of nitrogens with one attached hydrogen (secondary N) is 2. The highest BCUT2D eigenvalue weighted by Gasteiger charge is 2.20. The van der Waals surface area contributed by atoms with E-state index >= 15 is 0 Å². The standard InChI is InChI=1S/C20H20N4O2S/c1-2-18-23-24-20(27-18)22-17(25)13-16(14-9-5-3-6-10-14)21-19(26)15-11-7-4-8-12-15/h3-12,16H,2,13H2,1H3,(H,21,26)(H,22,24,25)/t16-/m0/s1. The summed E-state index contributed by atoms with van der Waals surface area (Å²) in [4.78, 5) is 25.0. The molecule has 1 atom stereocenters. The lowest BCUT2D eigenvalue weighted by atomic mass is 10.0. The number of hydrogen-bond acceptors (Lipinski definition) is 5. The highest BCUT2D eigenvalue weighted by molar-refractivity contribution is 7.15. The highest BCUT2D eigenvalue weighted by Crippen LogP contribution is 2.20. The van der Waals surface area contributed by atoms with Gasteiger partial charge in [-0.15, -0.1) is 10.2 Å².